The van der Waals surface area contributed by atoms with Crippen LogP contribution in [0.15, 0.2) is 35.3 Å². The van der Waals surface area contributed by atoms with Crippen LogP contribution in [-0.2, 0) is 5.54 Å². The average molecular weight is 219 g/mol. The average Bonchev–Trinajstić information content (AvgIpc) is 2.16. The van der Waals surface area contributed by atoms with Gasteiger partial charge in [0.1, 0.15) is 5.82 Å². The van der Waals surface area contributed by atoms with Gasteiger partial charge in [-0.05, 0) is 38.3 Å². The van der Waals surface area contributed by atoms with Crippen LogP contribution < -0.4 is 5.56 Å². The second kappa shape index (κ2) is 3.44. The van der Waals surface area contributed by atoms with E-state index in [4.69, 9.17) is 0 Å². The lowest BCUT2D eigenvalue weighted by atomic mass is 10.1. The standard InChI is InChI=1S/C13H14FNO/c1-13(2,3)15-8-7-9-5-4-6-10(14)11(9)12(15)16/h4-8H,1-3H3. The maximum atomic E-state index is 13.6. The van der Waals surface area contributed by atoms with Crippen molar-refractivity contribution in [3.05, 3.63) is 46.6 Å². The number of fused-ring (bicyclic) bond motifs is 1. The van der Waals surface area contributed by atoms with Gasteiger partial charge < -0.3 is 4.57 Å². The number of rotatable bonds is 0. The van der Waals surface area contributed by atoms with E-state index in [2.05, 4.69) is 0 Å². The Hall–Kier alpha value is -1.64. The molecule has 1 aromatic carbocycles. The molecule has 0 saturated heterocycles. The van der Waals surface area contributed by atoms with E-state index in [0.717, 1.165) is 0 Å². The van der Waals surface area contributed by atoms with Crippen LogP contribution in [0.5, 0.6) is 0 Å². The lowest BCUT2D eigenvalue weighted by Gasteiger charge is -2.22. The predicted molar refractivity (Wildman–Crippen MR) is 63.2 cm³/mol. The van der Waals surface area contributed by atoms with Crippen LogP contribution in [0.25, 0.3) is 10.8 Å². The summed E-state index contributed by atoms with van der Waals surface area (Å²) in [6, 6.07) is 6.44. The Kier molecular flexibility index (Phi) is 2.34. The van der Waals surface area contributed by atoms with Crippen molar-refractivity contribution in [2.24, 2.45) is 0 Å². The third-order valence-corrected chi connectivity index (χ3v) is 2.60. The normalized spacial score (nSPS) is 12.0. The molecule has 3 heteroatoms. The summed E-state index contributed by atoms with van der Waals surface area (Å²) in [6.45, 7) is 5.75. The summed E-state index contributed by atoms with van der Waals surface area (Å²) in [5.41, 5.74) is -0.615. The summed E-state index contributed by atoms with van der Waals surface area (Å²) in [5.74, 6) is -0.457. The molecule has 0 spiro atoms. The molecule has 84 valence electrons. The van der Waals surface area contributed by atoms with E-state index in [9.17, 15) is 9.18 Å². The van der Waals surface area contributed by atoms with Crippen LogP contribution in [0, 0.1) is 5.82 Å². The van der Waals surface area contributed by atoms with Crippen molar-refractivity contribution in [2.75, 3.05) is 0 Å². The highest BCUT2D eigenvalue weighted by Gasteiger charge is 2.16. The van der Waals surface area contributed by atoms with Crippen molar-refractivity contribution in [2.45, 2.75) is 26.3 Å². The Labute approximate surface area is 93.3 Å². The molecule has 0 unspecified atom stereocenters. The molecule has 0 amide bonds. The molecule has 2 rings (SSSR count). The molecule has 0 aliphatic heterocycles. The van der Waals surface area contributed by atoms with Crippen LogP contribution >= 0.6 is 0 Å². The maximum absolute atomic E-state index is 13.6. The molecule has 2 nitrogen and oxygen atoms in total. The molecule has 16 heavy (non-hydrogen) atoms. The number of benzene rings is 1. The molecule has 1 heterocycles. The van der Waals surface area contributed by atoms with Gasteiger partial charge in [-0.1, -0.05) is 12.1 Å². The van der Waals surface area contributed by atoms with Crippen LogP contribution in [0.4, 0.5) is 4.39 Å². The first kappa shape index (κ1) is 10.9. The van der Waals surface area contributed by atoms with Gasteiger partial charge in [-0.2, -0.15) is 0 Å². The van der Waals surface area contributed by atoms with Crippen molar-refractivity contribution in [1.82, 2.24) is 4.57 Å². The summed E-state index contributed by atoms with van der Waals surface area (Å²) < 4.78 is 15.2. The number of hydrogen-bond acceptors (Lipinski definition) is 1. The fourth-order valence-corrected chi connectivity index (χ4v) is 1.78. The quantitative estimate of drug-likeness (QED) is 0.667. The topological polar surface area (TPSA) is 22.0 Å². The minimum Gasteiger partial charge on any atom is -0.310 e. The molecule has 0 fully saturated rings. The number of pyridine rings is 1. The van der Waals surface area contributed by atoms with E-state index < -0.39 is 5.82 Å². The third kappa shape index (κ3) is 1.62. The predicted octanol–water partition coefficient (Wildman–Crippen LogP) is 2.90. The van der Waals surface area contributed by atoms with Gasteiger partial charge in [-0.3, -0.25) is 4.79 Å². The van der Waals surface area contributed by atoms with Crippen molar-refractivity contribution in [1.29, 1.82) is 0 Å². The number of nitrogens with zero attached hydrogens (tertiary/aromatic N) is 1. The second-order valence-corrected chi connectivity index (χ2v) is 4.87. The number of halogens is 1. The minimum absolute atomic E-state index is 0.167. The van der Waals surface area contributed by atoms with Gasteiger partial charge in [-0.15, -0.1) is 0 Å². The lowest BCUT2D eigenvalue weighted by Crippen LogP contribution is -2.33. The van der Waals surface area contributed by atoms with Crippen molar-refractivity contribution < 1.29 is 4.39 Å². The van der Waals surface area contributed by atoms with Gasteiger partial charge in [-0.25, -0.2) is 4.39 Å². The van der Waals surface area contributed by atoms with E-state index in [0.29, 0.717) is 5.39 Å². The van der Waals surface area contributed by atoms with Crippen LogP contribution in [-0.4, -0.2) is 4.57 Å². The Morgan fingerprint density at radius 1 is 1.19 bits per heavy atom. The van der Waals surface area contributed by atoms with E-state index in [1.54, 1.807) is 29.0 Å². The van der Waals surface area contributed by atoms with Crippen molar-refractivity contribution >= 4 is 10.8 Å². The third-order valence-electron chi connectivity index (χ3n) is 2.60. The summed E-state index contributed by atoms with van der Waals surface area (Å²) in [5, 5.41) is 0.811. The van der Waals surface area contributed by atoms with E-state index >= 15 is 0 Å². The van der Waals surface area contributed by atoms with Gasteiger partial charge in [0.2, 0.25) is 0 Å². The smallest absolute Gasteiger partial charge is 0.261 e. The van der Waals surface area contributed by atoms with Gasteiger partial charge in [0, 0.05) is 11.7 Å². The van der Waals surface area contributed by atoms with Gasteiger partial charge in [0.15, 0.2) is 0 Å². The van der Waals surface area contributed by atoms with Crippen LogP contribution in [0.1, 0.15) is 20.8 Å². The first-order chi connectivity index (χ1) is 7.41. The molecule has 0 aliphatic rings. The molecule has 0 aliphatic carbocycles. The molecular formula is C13H14FNO. The minimum atomic E-state index is -0.457. The highest BCUT2D eigenvalue weighted by molar-refractivity contribution is 5.81. The highest BCUT2D eigenvalue weighted by Crippen LogP contribution is 2.17. The largest absolute Gasteiger partial charge is 0.310 e. The van der Waals surface area contributed by atoms with Gasteiger partial charge >= 0.3 is 0 Å². The molecule has 0 bridgehead atoms. The molecule has 0 atom stereocenters. The molecule has 0 radical (unpaired) electrons. The second-order valence-electron chi connectivity index (χ2n) is 4.87. The van der Waals surface area contributed by atoms with E-state index in [-0.39, 0.29) is 16.5 Å². The molecule has 0 N–H and O–H groups in total. The highest BCUT2D eigenvalue weighted by atomic mass is 19.1. The Bertz CT molecular complexity index is 593. The zero-order valence-corrected chi connectivity index (χ0v) is 9.62. The zero-order valence-electron chi connectivity index (χ0n) is 9.62. The Morgan fingerprint density at radius 2 is 1.88 bits per heavy atom. The fourth-order valence-electron chi connectivity index (χ4n) is 1.78. The fraction of sp³-hybridized carbons (Fsp3) is 0.308. The van der Waals surface area contributed by atoms with Crippen LogP contribution in [0.2, 0.25) is 0 Å². The zero-order chi connectivity index (χ0) is 11.9. The molecular weight excluding hydrogens is 205 g/mol. The summed E-state index contributed by atoms with van der Waals surface area (Å²) in [7, 11) is 0. The molecule has 0 saturated carbocycles. The SMILES string of the molecule is CC(C)(C)n1ccc2cccc(F)c2c1=O. The van der Waals surface area contributed by atoms with Crippen LogP contribution in [0.3, 0.4) is 0 Å². The van der Waals surface area contributed by atoms with Gasteiger partial charge in [0.25, 0.3) is 5.56 Å². The van der Waals surface area contributed by atoms with Crippen molar-refractivity contribution in [3.63, 3.8) is 0 Å². The molecule has 2 aromatic rings. The summed E-state index contributed by atoms with van der Waals surface area (Å²) in [6.07, 6.45) is 1.71. The van der Waals surface area contributed by atoms with E-state index in [1.165, 1.54) is 6.07 Å². The Balaban J connectivity index is 2.90. The maximum Gasteiger partial charge on any atom is 0.261 e. The molecule has 1 aromatic heterocycles. The van der Waals surface area contributed by atoms with Gasteiger partial charge in [0.05, 0.1) is 5.39 Å². The summed E-state index contributed by atoms with van der Waals surface area (Å²) >= 11 is 0. The number of aromatic nitrogens is 1. The number of hydrogen-bond donors (Lipinski definition) is 0. The Morgan fingerprint density at radius 3 is 2.50 bits per heavy atom. The van der Waals surface area contributed by atoms with E-state index in [1.807, 2.05) is 20.8 Å². The first-order valence-electron chi connectivity index (χ1n) is 5.21. The lowest BCUT2D eigenvalue weighted by molar-refractivity contribution is 0.386. The summed E-state index contributed by atoms with van der Waals surface area (Å²) in [4.78, 5) is 12.1. The van der Waals surface area contributed by atoms with Crippen molar-refractivity contribution in [3.8, 4) is 0 Å². The monoisotopic (exact) mass is 219 g/mol. The first-order valence-corrected chi connectivity index (χ1v) is 5.21.